The zero-order chi connectivity index (χ0) is 28.1. The lowest BCUT2D eigenvalue weighted by Gasteiger charge is -2.28. The molecule has 3 heterocycles. The van der Waals surface area contributed by atoms with Crippen LogP contribution < -0.4 is 15.5 Å². The van der Waals surface area contributed by atoms with Crippen LogP contribution in [-0.4, -0.2) is 58.6 Å². The lowest BCUT2D eigenvalue weighted by molar-refractivity contribution is -0.142. The largest absolute Gasteiger partial charge is 0.467 e. The number of carbonyl (C=O) groups excluding carboxylic acids is 2. The summed E-state index contributed by atoms with van der Waals surface area (Å²) in [5.41, 5.74) is 3.23. The van der Waals surface area contributed by atoms with Gasteiger partial charge in [0.2, 0.25) is 5.95 Å². The third-order valence-electron chi connectivity index (χ3n) is 6.26. The maximum Gasteiger partial charge on any atom is 0.330 e. The molecule has 0 aliphatic rings. The van der Waals surface area contributed by atoms with Crippen molar-refractivity contribution in [2.45, 2.75) is 6.04 Å². The van der Waals surface area contributed by atoms with Crippen LogP contribution in [0.15, 0.2) is 85.2 Å². The Hall–Kier alpha value is -5.32. The molecule has 1 unspecified atom stereocenters. The van der Waals surface area contributed by atoms with E-state index in [1.165, 1.54) is 19.2 Å². The van der Waals surface area contributed by atoms with Gasteiger partial charge in [0, 0.05) is 41.6 Å². The van der Waals surface area contributed by atoms with E-state index in [9.17, 15) is 14.0 Å². The second-order valence-electron chi connectivity index (χ2n) is 8.82. The van der Waals surface area contributed by atoms with Gasteiger partial charge in [-0.1, -0.05) is 6.07 Å². The number of ether oxygens (including phenoxy) is 1. The van der Waals surface area contributed by atoms with Gasteiger partial charge >= 0.3 is 5.97 Å². The van der Waals surface area contributed by atoms with Gasteiger partial charge in [0.1, 0.15) is 17.7 Å². The lowest BCUT2D eigenvalue weighted by atomic mass is 10.1. The maximum atomic E-state index is 13.6. The van der Waals surface area contributed by atoms with E-state index in [1.54, 1.807) is 78.9 Å². The van der Waals surface area contributed by atoms with Crippen molar-refractivity contribution in [1.29, 1.82) is 0 Å². The molecule has 0 aliphatic carbocycles. The fraction of sp³-hybridized carbons (Fsp3) is 0.138. The molecule has 0 radical (unpaired) electrons. The van der Waals surface area contributed by atoms with Crippen molar-refractivity contribution in [3.05, 3.63) is 96.6 Å². The van der Waals surface area contributed by atoms with Crippen LogP contribution in [0, 0.1) is 5.82 Å². The number of hydrogen-bond acceptors (Lipinski definition) is 8. The second kappa shape index (κ2) is 11.6. The minimum absolute atomic E-state index is 0.000877. The van der Waals surface area contributed by atoms with Crippen molar-refractivity contribution in [3.63, 3.8) is 0 Å². The summed E-state index contributed by atoms with van der Waals surface area (Å²) in [5, 5.41) is 6.50. The summed E-state index contributed by atoms with van der Waals surface area (Å²) in [5.74, 6) is -0.478. The predicted octanol–water partition coefficient (Wildman–Crippen LogP) is 4.31. The molecule has 5 rings (SSSR count). The van der Waals surface area contributed by atoms with E-state index >= 15 is 0 Å². The average molecular weight is 540 g/mol. The van der Waals surface area contributed by atoms with Crippen LogP contribution in [0.5, 0.6) is 0 Å². The second-order valence-corrected chi connectivity index (χ2v) is 8.82. The third-order valence-corrected chi connectivity index (χ3v) is 6.26. The Balaban J connectivity index is 1.41. The number of aromatic nitrogens is 4. The number of nitrogens with one attached hydrogen (secondary N) is 3. The van der Waals surface area contributed by atoms with Gasteiger partial charge in [-0.15, -0.1) is 0 Å². The minimum Gasteiger partial charge on any atom is -0.467 e. The predicted molar refractivity (Wildman–Crippen MR) is 150 cm³/mol. The lowest BCUT2D eigenvalue weighted by Crippen LogP contribution is -2.48. The molecule has 202 valence electrons. The summed E-state index contributed by atoms with van der Waals surface area (Å²) in [6.07, 6.45) is 3.27. The Morgan fingerprint density at radius 2 is 1.85 bits per heavy atom. The Kier molecular flexibility index (Phi) is 7.63. The first kappa shape index (κ1) is 26.3. The molecular weight excluding hydrogens is 513 g/mol. The number of carbonyl (C=O) groups is 2. The van der Waals surface area contributed by atoms with Gasteiger partial charge in [0.05, 0.1) is 25.0 Å². The fourth-order valence-electron chi connectivity index (χ4n) is 4.25. The van der Waals surface area contributed by atoms with Crippen LogP contribution in [0.1, 0.15) is 10.4 Å². The SMILES string of the molecule is CNc1nccc(-c2cc3cc(C(=O)NC(CN(c4ccc(F)cc4)c4ccccn4)C(=O)OC)ccc3[nH]2)n1. The highest BCUT2D eigenvalue weighted by molar-refractivity contribution is 6.00. The number of halogens is 1. The zero-order valence-corrected chi connectivity index (χ0v) is 21.8. The highest BCUT2D eigenvalue weighted by atomic mass is 19.1. The van der Waals surface area contributed by atoms with E-state index in [0.717, 1.165) is 16.6 Å². The van der Waals surface area contributed by atoms with Gasteiger partial charge in [-0.3, -0.25) is 4.79 Å². The monoisotopic (exact) mass is 539 g/mol. The first-order valence-electron chi connectivity index (χ1n) is 12.4. The Labute approximate surface area is 229 Å². The van der Waals surface area contributed by atoms with Crippen molar-refractivity contribution in [2.24, 2.45) is 0 Å². The molecule has 0 saturated carbocycles. The van der Waals surface area contributed by atoms with E-state index < -0.39 is 23.7 Å². The van der Waals surface area contributed by atoms with E-state index in [0.29, 0.717) is 28.7 Å². The zero-order valence-electron chi connectivity index (χ0n) is 21.8. The van der Waals surface area contributed by atoms with Crippen molar-refractivity contribution >= 4 is 40.2 Å². The van der Waals surface area contributed by atoms with Gasteiger partial charge < -0.3 is 25.3 Å². The van der Waals surface area contributed by atoms with Crippen molar-refractivity contribution in [3.8, 4) is 11.4 Å². The number of esters is 1. The van der Waals surface area contributed by atoms with Crippen LogP contribution in [0.4, 0.5) is 21.8 Å². The molecule has 0 aliphatic heterocycles. The van der Waals surface area contributed by atoms with E-state index in [1.807, 2.05) is 6.07 Å². The van der Waals surface area contributed by atoms with Gasteiger partial charge in [-0.25, -0.2) is 24.1 Å². The fourth-order valence-corrected chi connectivity index (χ4v) is 4.25. The smallest absolute Gasteiger partial charge is 0.330 e. The first-order chi connectivity index (χ1) is 19.4. The molecule has 1 amide bonds. The van der Waals surface area contributed by atoms with Crippen molar-refractivity contribution < 1.29 is 18.7 Å². The quantitative estimate of drug-likeness (QED) is 0.237. The molecule has 2 aromatic carbocycles. The summed E-state index contributed by atoms with van der Waals surface area (Å²) in [6.45, 7) is -0.000877. The molecule has 1 atom stereocenters. The Bertz CT molecular complexity index is 1640. The van der Waals surface area contributed by atoms with E-state index in [2.05, 4.69) is 30.6 Å². The minimum atomic E-state index is -1.05. The number of nitrogens with zero attached hydrogens (tertiary/aromatic N) is 4. The topological polar surface area (TPSA) is 125 Å². The van der Waals surface area contributed by atoms with Gasteiger partial charge in [-0.2, -0.15) is 0 Å². The molecule has 0 spiro atoms. The molecule has 5 aromatic rings. The highest BCUT2D eigenvalue weighted by Crippen LogP contribution is 2.26. The van der Waals surface area contributed by atoms with Crippen LogP contribution in [0.25, 0.3) is 22.3 Å². The summed E-state index contributed by atoms with van der Waals surface area (Å²) >= 11 is 0. The van der Waals surface area contributed by atoms with Crippen LogP contribution >= 0.6 is 0 Å². The van der Waals surface area contributed by atoms with Crippen molar-refractivity contribution in [1.82, 2.24) is 25.3 Å². The number of fused-ring (bicyclic) bond motifs is 1. The number of methoxy groups -OCH3 is 1. The number of hydrogen-bond donors (Lipinski definition) is 3. The molecule has 0 saturated heterocycles. The highest BCUT2D eigenvalue weighted by Gasteiger charge is 2.27. The molecular formula is C29H26FN7O3. The third kappa shape index (κ3) is 5.73. The number of H-pyrrole nitrogens is 1. The summed E-state index contributed by atoms with van der Waals surface area (Å²) < 4.78 is 18.6. The molecule has 11 heteroatoms. The number of amides is 1. The number of benzene rings is 2. The average Bonchev–Trinajstić information content (AvgIpc) is 3.43. The first-order valence-corrected chi connectivity index (χ1v) is 12.4. The summed E-state index contributed by atoms with van der Waals surface area (Å²) in [4.78, 5) is 44.1. The van der Waals surface area contributed by atoms with Crippen LogP contribution in [0.2, 0.25) is 0 Å². The molecule has 0 bridgehead atoms. The van der Waals surface area contributed by atoms with Crippen molar-refractivity contribution in [2.75, 3.05) is 30.9 Å². The molecule has 3 aromatic heterocycles. The van der Waals surface area contributed by atoms with Gasteiger partial charge in [0.15, 0.2) is 0 Å². The van der Waals surface area contributed by atoms with Gasteiger partial charge in [-0.05, 0) is 66.7 Å². The van der Waals surface area contributed by atoms with Crippen LogP contribution in [-0.2, 0) is 9.53 Å². The number of pyridine rings is 1. The Morgan fingerprint density at radius 3 is 2.58 bits per heavy atom. The summed E-state index contributed by atoms with van der Waals surface area (Å²) in [6, 6.07) is 18.9. The van der Waals surface area contributed by atoms with E-state index in [4.69, 9.17) is 4.74 Å². The normalized spacial score (nSPS) is 11.6. The molecule has 0 fully saturated rings. The number of rotatable bonds is 9. The number of aromatic amines is 1. The molecule has 3 N–H and O–H groups in total. The van der Waals surface area contributed by atoms with E-state index in [-0.39, 0.29) is 6.54 Å². The standard InChI is InChI=1S/C29H26FN7O3/c1-31-29-33-14-12-23(36-29)24-16-19-15-18(6-11-22(19)34-24)27(38)35-25(28(39)40-2)17-37(26-5-3-4-13-32-26)21-9-7-20(30)8-10-21/h3-16,25,34H,17H2,1-2H3,(H,35,38)(H,31,33,36). The maximum absolute atomic E-state index is 13.6. The molecule has 10 nitrogen and oxygen atoms in total. The molecule has 40 heavy (non-hydrogen) atoms. The number of anilines is 3. The van der Waals surface area contributed by atoms with Crippen LogP contribution in [0.3, 0.4) is 0 Å². The Morgan fingerprint density at radius 1 is 1.02 bits per heavy atom. The summed E-state index contributed by atoms with van der Waals surface area (Å²) in [7, 11) is 3.00. The van der Waals surface area contributed by atoms with Gasteiger partial charge in [0.25, 0.3) is 5.91 Å².